The van der Waals surface area contributed by atoms with Gasteiger partial charge in [-0.05, 0) is 93.5 Å². The van der Waals surface area contributed by atoms with Crippen molar-refractivity contribution in [1.82, 2.24) is 4.57 Å². The number of nitrogens with one attached hydrogen (secondary N) is 1. The van der Waals surface area contributed by atoms with Crippen molar-refractivity contribution in [3.63, 3.8) is 0 Å². The number of aromatic carboxylic acids is 1. The third-order valence-corrected chi connectivity index (χ3v) is 9.67. The molecule has 0 fully saturated rings. The van der Waals surface area contributed by atoms with E-state index in [1.165, 1.54) is 11.3 Å². The average molecular weight is 723 g/mol. The zero-order valence-corrected chi connectivity index (χ0v) is 28.8. The van der Waals surface area contributed by atoms with Crippen LogP contribution in [0.1, 0.15) is 65.3 Å². The Hall–Kier alpha value is -5.06. The van der Waals surface area contributed by atoms with Crippen LogP contribution in [0.25, 0.3) is 6.08 Å². The number of rotatable bonds is 9. The smallest absolute Gasteiger partial charge is 0.335 e. The first kappa shape index (κ1) is 32.9. The first-order valence-corrected chi connectivity index (χ1v) is 16.9. The maximum absolute atomic E-state index is 14.1. The number of fused-ring (bicyclic) bond motifs is 1. The molecule has 6 rings (SSSR count). The molecule has 2 N–H and O–H groups in total. The maximum atomic E-state index is 14.1. The van der Waals surface area contributed by atoms with E-state index < -0.39 is 12.0 Å². The number of carbonyl (C=O) groups is 2. The molecule has 0 spiro atoms. The summed E-state index contributed by atoms with van der Waals surface area (Å²) in [7, 11) is 0. The van der Waals surface area contributed by atoms with Gasteiger partial charge in [0.25, 0.3) is 11.5 Å². The number of nitrogens with zero attached hydrogens (tertiary/aromatic N) is 2. The van der Waals surface area contributed by atoms with Crippen LogP contribution in [0.15, 0.2) is 123 Å². The van der Waals surface area contributed by atoms with E-state index >= 15 is 0 Å². The molecule has 0 radical (unpaired) electrons. The van der Waals surface area contributed by atoms with Crippen molar-refractivity contribution >= 4 is 50.9 Å². The fraction of sp³-hybridized carbons (Fsp3) is 0.158. The van der Waals surface area contributed by atoms with Gasteiger partial charge in [-0.25, -0.2) is 9.79 Å². The summed E-state index contributed by atoms with van der Waals surface area (Å²) in [5, 5.41) is 12.1. The van der Waals surface area contributed by atoms with Gasteiger partial charge in [-0.2, -0.15) is 0 Å². The second-order valence-electron chi connectivity index (χ2n) is 11.7. The molecule has 8 nitrogen and oxygen atoms in total. The van der Waals surface area contributed by atoms with E-state index in [-0.39, 0.29) is 23.6 Å². The monoisotopic (exact) mass is 721 g/mol. The number of ether oxygens (including phenoxy) is 1. The molecule has 1 aliphatic heterocycles. The highest BCUT2D eigenvalue weighted by Gasteiger charge is 2.32. The Balaban J connectivity index is 1.34. The van der Waals surface area contributed by atoms with Crippen LogP contribution in [0, 0.1) is 0 Å². The normalized spacial score (nSPS) is 14.4. The first-order valence-electron chi connectivity index (χ1n) is 15.3. The standard InChI is InChI=1S/C38H32BrN3O5S/c1-22(2)26-14-16-27(17-15-26)34-33(35(43)41-29-7-5-4-6-8-29)23(3)40-38-42(34)36(44)32(48-38)20-25-11-18-31(30(39)19-25)47-21-24-9-12-28(13-10-24)37(45)46/h4-20,22,34H,21H2,1-3H3,(H,41,43)(H,45,46)/b32-20+/t34-/m1/s1. The lowest BCUT2D eigenvalue weighted by atomic mass is 9.93. The summed E-state index contributed by atoms with van der Waals surface area (Å²) in [4.78, 5) is 44.4. The Morgan fingerprint density at radius 2 is 1.73 bits per heavy atom. The lowest BCUT2D eigenvalue weighted by Gasteiger charge is -2.25. The minimum absolute atomic E-state index is 0.215. The van der Waals surface area contributed by atoms with Crippen LogP contribution >= 0.6 is 27.3 Å². The maximum Gasteiger partial charge on any atom is 0.335 e. The third kappa shape index (κ3) is 6.95. The van der Waals surface area contributed by atoms with Crippen LogP contribution in [-0.4, -0.2) is 21.6 Å². The molecule has 10 heteroatoms. The van der Waals surface area contributed by atoms with Crippen LogP contribution in [-0.2, 0) is 11.4 Å². The molecule has 1 aromatic heterocycles. The average Bonchev–Trinajstić information content (AvgIpc) is 3.37. The van der Waals surface area contributed by atoms with Crippen LogP contribution in [0.5, 0.6) is 5.75 Å². The summed E-state index contributed by atoms with van der Waals surface area (Å²) in [5.74, 6) is -0.355. The zero-order chi connectivity index (χ0) is 33.9. The molecule has 1 atom stereocenters. The Kier molecular flexibility index (Phi) is 9.56. The summed E-state index contributed by atoms with van der Waals surface area (Å²) < 4.78 is 8.76. The number of thiazole rings is 1. The molecule has 0 saturated carbocycles. The number of para-hydroxylation sites is 1. The highest BCUT2D eigenvalue weighted by molar-refractivity contribution is 9.10. The van der Waals surface area contributed by atoms with Crippen molar-refractivity contribution in [3.8, 4) is 5.75 Å². The molecule has 0 saturated heterocycles. The number of benzene rings is 4. The summed E-state index contributed by atoms with van der Waals surface area (Å²) in [6.07, 6.45) is 1.81. The number of carboxylic acid groups (broad SMARTS) is 1. The minimum atomic E-state index is -0.979. The minimum Gasteiger partial charge on any atom is -0.488 e. The van der Waals surface area contributed by atoms with Crippen molar-refractivity contribution < 1.29 is 19.4 Å². The Labute approximate surface area is 289 Å². The number of carbonyl (C=O) groups excluding carboxylic acids is 1. The lowest BCUT2D eigenvalue weighted by Crippen LogP contribution is -2.40. The predicted molar refractivity (Wildman–Crippen MR) is 191 cm³/mol. The molecular weight excluding hydrogens is 690 g/mol. The topological polar surface area (TPSA) is 110 Å². The number of hydrogen-bond acceptors (Lipinski definition) is 6. The van der Waals surface area contributed by atoms with Crippen molar-refractivity contribution in [2.45, 2.75) is 39.3 Å². The highest BCUT2D eigenvalue weighted by atomic mass is 79.9. The van der Waals surface area contributed by atoms with E-state index in [1.807, 2.05) is 85.8 Å². The van der Waals surface area contributed by atoms with Gasteiger partial charge < -0.3 is 15.2 Å². The van der Waals surface area contributed by atoms with Gasteiger partial charge in [0.2, 0.25) is 0 Å². The van der Waals surface area contributed by atoms with Crippen LogP contribution in [0.4, 0.5) is 5.69 Å². The molecule has 1 amide bonds. The summed E-state index contributed by atoms with van der Waals surface area (Å²) in [6, 6.07) is 28.7. The predicted octanol–water partition coefficient (Wildman–Crippen LogP) is 7.04. The number of aromatic nitrogens is 1. The molecule has 0 unspecified atom stereocenters. The van der Waals surface area contributed by atoms with Gasteiger partial charge in [0.15, 0.2) is 4.80 Å². The summed E-state index contributed by atoms with van der Waals surface area (Å²) in [6.45, 7) is 6.32. The second-order valence-corrected chi connectivity index (χ2v) is 13.6. The molecule has 0 aliphatic carbocycles. The van der Waals surface area contributed by atoms with E-state index in [2.05, 4.69) is 35.1 Å². The number of carboxylic acids is 1. The fourth-order valence-corrected chi connectivity index (χ4v) is 7.05. The number of allylic oxidation sites excluding steroid dienone is 1. The number of hydrogen-bond donors (Lipinski definition) is 2. The number of amides is 1. The zero-order valence-electron chi connectivity index (χ0n) is 26.4. The van der Waals surface area contributed by atoms with Crippen LogP contribution in [0.3, 0.4) is 0 Å². The van der Waals surface area contributed by atoms with Gasteiger partial charge in [-0.3, -0.25) is 14.2 Å². The number of halogens is 1. The first-order chi connectivity index (χ1) is 23.1. The van der Waals surface area contributed by atoms with E-state index in [9.17, 15) is 14.4 Å². The molecule has 4 aromatic carbocycles. The van der Waals surface area contributed by atoms with Gasteiger partial charge in [0, 0.05) is 5.69 Å². The molecule has 0 bridgehead atoms. The van der Waals surface area contributed by atoms with Gasteiger partial charge >= 0.3 is 5.97 Å². The highest BCUT2D eigenvalue weighted by Crippen LogP contribution is 2.32. The van der Waals surface area contributed by atoms with Crippen molar-refractivity contribution in [2.75, 3.05) is 5.32 Å². The Morgan fingerprint density at radius 1 is 1.02 bits per heavy atom. The van der Waals surface area contributed by atoms with Gasteiger partial charge in [-0.15, -0.1) is 0 Å². The third-order valence-electron chi connectivity index (χ3n) is 8.07. The van der Waals surface area contributed by atoms with E-state index in [0.29, 0.717) is 42.4 Å². The van der Waals surface area contributed by atoms with Gasteiger partial charge in [0.1, 0.15) is 12.4 Å². The van der Waals surface area contributed by atoms with Crippen LogP contribution < -0.4 is 24.9 Å². The molecular formula is C38H32BrN3O5S. The quantitative estimate of drug-likeness (QED) is 0.170. The Bertz CT molecular complexity index is 2220. The van der Waals surface area contributed by atoms with E-state index in [4.69, 9.17) is 14.8 Å². The van der Waals surface area contributed by atoms with Crippen molar-refractivity contribution in [2.24, 2.45) is 4.99 Å². The summed E-state index contributed by atoms with van der Waals surface area (Å²) in [5.41, 5.74) is 5.19. The second kappa shape index (κ2) is 14.0. The Morgan fingerprint density at radius 3 is 2.38 bits per heavy atom. The fourth-order valence-electron chi connectivity index (χ4n) is 5.49. The molecule has 2 heterocycles. The van der Waals surface area contributed by atoms with E-state index in [0.717, 1.165) is 22.3 Å². The van der Waals surface area contributed by atoms with E-state index in [1.54, 1.807) is 28.8 Å². The summed E-state index contributed by atoms with van der Waals surface area (Å²) >= 11 is 4.86. The van der Waals surface area contributed by atoms with Gasteiger partial charge in [0.05, 0.1) is 31.9 Å². The molecule has 242 valence electrons. The van der Waals surface area contributed by atoms with Crippen molar-refractivity contribution in [3.05, 3.63) is 160 Å². The lowest BCUT2D eigenvalue weighted by molar-refractivity contribution is -0.113. The molecule has 48 heavy (non-hydrogen) atoms. The van der Waals surface area contributed by atoms with Crippen molar-refractivity contribution in [1.29, 1.82) is 0 Å². The van der Waals surface area contributed by atoms with Crippen LogP contribution in [0.2, 0.25) is 0 Å². The molecule has 5 aromatic rings. The van der Waals surface area contributed by atoms with Gasteiger partial charge in [-0.1, -0.05) is 85.8 Å². The SMILES string of the molecule is CC1=C(C(=O)Nc2ccccc2)[C@@H](c2ccc(C(C)C)cc2)n2c(s/c(=C/c3ccc(OCc4ccc(C(=O)O)cc4)c(Br)c3)c2=O)=N1. The molecule has 1 aliphatic rings. The number of anilines is 1. The largest absolute Gasteiger partial charge is 0.488 e.